The van der Waals surface area contributed by atoms with Crippen molar-refractivity contribution in [2.45, 2.75) is 44.8 Å². The van der Waals surface area contributed by atoms with Crippen molar-refractivity contribution >= 4 is 31.1 Å². The van der Waals surface area contributed by atoms with Gasteiger partial charge in [0.05, 0.1) is 23.8 Å². The summed E-state index contributed by atoms with van der Waals surface area (Å²) in [5, 5.41) is 12.9. The minimum atomic E-state index is -4.06. The van der Waals surface area contributed by atoms with E-state index >= 15 is 0 Å². The highest BCUT2D eigenvalue weighted by atomic mass is 35.5. The molecular formula is C20H26ClN4O8P. The molecule has 14 heteroatoms. The predicted octanol–water partition coefficient (Wildman–Crippen LogP) is 1.87. The van der Waals surface area contributed by atoms with E-state index in [4.69, 9.17) is 35.9 Å². The quantitative estimate of drug-likeness (QED) is 0.312. The zero-order valence-corrected chi connectivity index (χ0v) is 20.1. The number of aliphatic hydroxyl groups is 1. The summed E-state index contributed by atoms with van der Waals surface area (Å²) in [6, 6.07) is 8.25. The SMILES string of the molecule is CC(C)OC(=O)CNP(=O)(OCC1CC(O)C(n2cc(Cl)c(N)nc2=O)O1)Oc1ccccc1. The molecule has 0 radical (unpaired) electrons. The molecule has 2 heterocycles. The van der Waals surface area contributed by atoms with Gasteiger partial charge in [-0.05, 0) is 26.0 Å². The zero-order chi connectivity index (χ0) is 24.9. The van der Waals surface area contributed by atoms with Crippen LogP contribution in [0.5, 0.6) is 5.75 Å². The van der Waals surface area contributed by atoms with Crippen LogP contribution < -0.4 is 21.0 Å². The van der Waals surface area contributed by atoms with E-state index < -0.39 is 44.4 Å². The van der Waals surface area contributed by atoms with E-state index in [2.05, 4.69) is 10.1 Å². The number of nitrogen functional groups attached to an aromatic ring is 1. The summed E-state index contributed by atoms with van der Waals surface area (Å²) in [7, 11) is -4.06. The van der Waals surface area contributed by atoms with Gasteiger partial charge in [0.25, 0.3) is 0 Å². The first-order valence-corrected chi connectivity index (χ1v) is 12.3. The number of aromatic nitrogens is 2. The maximum absolute atomic E-state index is 13.3. The number of ether oxygens (including phenoxy) is 2. The molecule has 1 aliphatic rings. The normalized spacial score (nSPS) is 21.9. The molecule has 1 fully saturated rings. The molecule has 2 aromatic rings. The second-order valence-corrected chi connectivity index (χ2v) is 9.85. The van der Waals surface area contributed by atoms with Crippen LogP contribution in [0, 0.1) is 0 Å². The van der Waals surface area contributed by atoms with Gasteiger partial charge in [-0.1, -0.05) is 29.8 Å². The van der Waals surface area contributed by atoms with Gasteiger partial charge >= 0.3 is 19.4 Å². The number of hydrogen-bond donors (Lipinski definition) is 3. The van der Waals surface area contributed by atoms with E-state index in [1.165, 1.54) is 6.20 Å². The van der Waals surface area contributed by atoms with E-state index in [1.54, 1.807) is 44.2 Å². The molecule has 4 atom stereocenters. The Morgan fingerprint density at radius 2 is 2.12 bits per heavy atom. The Hall–Kier alpha value is -2.47. The third-order valence-corrected chi connectivity index (χ3v) is 6.33. The Balaban J connectivity index is 1.68. The van der Waals surface area contributed by atoms with Crippen molar-refractivity contribution in [1.82, 2.24) is 14.6 Å². The number of anilines is 1. The number of nitrogens with one attached hydrogen (secondary N) is 1. The van der Waals surface area contributed by atoms with Gasteiger partial charge in [-0.25, -0.2) is 14.4 Å². The Morgan fingerprint density at radius 3 is 2.79 bits per heavy atom. The summed E-state index contributed by atoms with van der Waals surface area (Å²) in [5.74, 6) is -0.540. The summed E-state index contributed by atoms with van der Waals surface area (Å²) in [6.45, 7) is 2.66. The van der Waals surface area contributed by atoms with Crippen LogP contribution in [0.1, 0.15) is 26.5 Å². The van der Waals surface area contributed by atoms with Crippen LogP contribution >= 0.6 is 19.3 Å². The maximum atomic E-state index is 13.3. The molecule has 1 aliphatic heterocycles. The van der Waals surface area contributed by atoms with Crippen molar-refractivity contribution in [3.8, 4) is 5.75 Å². The highest BCUT2D eigenvalue weighted by Gasteiger charge is 2.38. The van der Waals surface area contributed by atoms with Crippen molar-refractivity contribution in [3.05, 3.63) is 52.0 Å². The van der Waals surface area contributed by atoms with Crippen LogP contribution in [0.15, 0.2) is 41.3 Å². The monoisotopic (exact) mass is 516 g/mol. The van der Waals surface area contributed by atoms with Gasteiger partial charge in [-0.2, -0.15) is 4.98 Å². The number of rotatable bonds is 10. The lowest BCUT2D eigenvalue weighted by Gasteiger charge is -2.22. The number of carbonyl (C=O) groups is 1. The second-order valence-electron chi connectivity index (χ2n) is 7.69. The average molecular weight is 517 g/mol. The molecule has 0 spiro atoms. The first-order valence-electron chi connectivity index (χ1n) is 10.4. The first-order chi connectivity index (χ1) is 16.1. The summed E-state index contributed by atoms with van der Waals surface area (Å²) in [4.78, 5) is 27.6. The van der Waals surface area contributed by atoms with Gasteiger partial charge in [-0.15, -0.1) is 0 Å². The molecule has 1 aromatic heterocycles. The van der Waals surface area contributed by atoms with Crippen molar-refractivity contribution in [3.63, 3.8) is 0 Å². The Kier molecular flexibility index (Phi) is 8.69. The van der Waals surface area contributed by atoms with Crippen molar-refractivity contribution < 1.29 is 33.0 Å². The first kappa shape index (κ1) is 26.1. The van der Waals surface area contributed by atoms with E-state index in [0.29, 0.717) is 0 Å². The van der Waals surface area contributed by atoms with Crippen LogP contribution in [0.3, 0.4) is 0 Å². The van der Waals surface area contributed by atoms with Gasteiger partial charge < -0.3 is 24.8 Å². The fourth-order valence-electron chi connectivity index (χ4n) is 3.10. The molecule has 0 bridgehead atoms. The number of hydrogen-bond acceptors (Lipinski definition) is 10. The molecule has 0 aliphatic carbocycles. The fourth-order valence-corrected chi connectivity index (χ4v) is 4.54. The molecule has 12 nitrogen and oxygen atoms in total. The molecular weight excluding hydrogens is 491 g/mol. The predicted molar refractivity (Wildman–Crippen MR) is 122 cm³/mol. The minimum absolute atomic E-state index is 0.0216. The highest BCUT2D eigenvalue weighted by Crippen LogP contribution is 2.45. The molecule has 4 N–H and O–H groups in total. The third-order valence-electron chi connectivity index (χ3n) is 4.56. The lowest BCUT2D eigenvalue weighted by atomic mass is 10.2. The van der Waals surface area contributed by atoms with Crippen LogP contribution in [-0.4, -0.2) is 52.1 Å². The largest absolute Gasteiger partial charge is 0.462 e. The molecule has 0 amide bonds. The topological polar surface area (TPSA) is 164 Å². The minimum Gasteiger partial charge on any atom is -0.462 e. The number of halogens is 1. The van der Waals surface area contributed by atoms with Crippen molar-refractivity contribution in [1.29, 1.82) is 0 Å². The molecule has 186 valence electrons. The lowest BCUT2D eigenvalue weighted by molar-refractivity contribution is -0.145. The van der Waals surface area contributed by atoms with E-state index in [9.17, 15) is 19.3 Å². The summed E-state index contributed by atoms with van der Waals surface area (Å²) >= 11 is 5.93. The number of esters is 1. The van der Waals surface area contributed by atoms with E-state index in [1.807, 2.05) is 0 Å². The molecule has 1 aromatic carbocycles. The molecule has 34 heavy (non-hydrogen) atoms. The van der Waals surface area contributed by atoms with Gasteiger partial charge in [0, 0.05) is 12.6 Å². The standard InChI is InChI=1S/C20H26ClN4O8P/c1-12(2)31-17(27)9-23-34(29,33-13-6-4-3-5-7-13)30-11-14-8-16(26)19(32-14)25-10-15(21)18(22)24-20(25)28/h3-7,10,12,14,16,19,26H,8-9,11H2,1-2H3,(H,23,29)(H2,22,24,28). The van der Waals surface area contributed by atoms with Crippen LogP contribution in [0.2, 0.25) is 5.02 Å². The second kappa shape index (κ2) is 11.3. The smallest absolute Gasteiger partial charge is 0.459 e. The van der Waals surface area contributed by atoms with Crippen molar-refractivity contribution in [2.24, 2.45) is 0 Å². The fraction of sp³-hybridized carbons (Fsp3) is 0.450. The summed E-state index contributed by atoms with van der Waals surface area (Å²) in [6.07, 6.45) is -2.05. The number of benzene rings is 1. The number of aliphatic hydroxyl groups excluding tert-OH is 1. The number of nitrogens with zero attached hydrogens (tertiary/aromatic N) is 2. The Bertz CT molecular complexity index is 1100. The van der Waals surface area contributed by atoms with E-state index in [-0.39, 0.29) is 35.7 Å². The third kappa shape index (κ3) is 7.02. The lowest BCUT2D eigenvalue weighted by Crippen LogP contribution is -2.32. The van der Waals surface area contributed by atoms with Crippen LogP contribution in [0.25, 0.3) is 0 Å². The maximum Gasteiger partial charge on any atom is 0.459 e. The van der Waals surface area contributed by atoms with Gasteiger partial charge in [0.1, 0.15) is 24.2 Å². The molecule has 1 saturated heterocycles. The zero-order valence-electron chi connectivity index (χ0n) is 18.5. The van der Waals surface area contributed by atoms with Gasteiger partial charge in [-0.3, -0.25) is 13.9 Å². The highest BCUT2D eigenvalue weighted by molar-refractivity contribution is 7.52. The molecule has 4 unspecified atom stereocenters. The average Bonchev–Trinajstić information content (AvgIpc) is 3.14. The Morgan fingerprint density at radius 1 is 1.41 bits per heavy atom. The van der Waals surface area contributed by atoms with Crippen molar-refractivity contribution in [2.75, 3.05) is 18.9 Å². The van der Waals surface area contributed by atoms with Crippen LogP contribution in [-0.2, 0) is 23.4 Å². The number of carbonyl (C=O) groups excluding carboxylic acids is 1. The molecule has 0 saturated carbocycles. The molecule has 3 rings (SSSR count). The van der Waals surface area contributed by atoms with Crippen LogP contribution in [0.4, 0.5) is 5.82 Å². The number of nitrogens with two attached hydrogens (primary N) is 1. The van der Waals surface area contributed by atoms with Gasteiger partial charge in [0.2, 0.25) is 0 Å². The Labute approximate surface area is 200 Å². The summed E-state index contributed by atoms with van der Waals surface area (Å²) < 4.78 is 36.1. The summed E-state index contributed by atoms with van der Waals surface area (Å²) in [5.41, 5.74) is 4.77. The number of para-hydroxylation sites is 1. The van der Waals surface area contributed by atoms with Gasteiger partial charge in [0.15, 0.2) is 6.23 Å². The van der Waals surface area contributed by atoms with E-state index in [0.717, 1.165) is 4.57 Å².